The molecule has 2 aliphatic carbocycles. The Bertz CT molecular complexity index is 652. The van der Waals surface area contributed by atoms with Crippen molar-refractivity contribution in [3.05, 3.63) is 17.0 Å². The SMILES string of the molecule is CN(CC1CC2CCC1C2)S(=O)(=O)c1cc(C(=O)O)cs1. The molecule has 0 amide bonds. The quantitative estimate of drug-likeness (QED) is 0.900. The number of fused-ring (bicyclic) bond motifs is 2. The average Bonchev–Trinajstić information content (AvgIpc) is 3.14. The summed E-state index contributed by atoms with van der Waals surface area (Å²) in [5, 5.41) is 10.3. The summed E-state index contributed by atoms with van der Waals surface area (Å²) in [6.07, 6.45) is 4.91. The Morgan fingerprint density at radius 3 is 2.71 bits per heavy atom. The second-order valence-electron chi connectivity index (χ2n) is 6.18. The van der Waals surface area contributed by atoms with Crippen molar-refractivity contribution in [1.29, 1.82) is 0 Å². The highest BCUT2D eigenvalue weighted by molar-refractivity contribution is 7.91. The summed E-state index contributed by atoms with van der Waals surface area (Å²) in [5.41, 5.74) is 0.0342. The highest BCUT2D eigenvalue weighted by Crippen LogP contribution is 2.48. The minimum Gasteiger partial charge on any atom is -0.478 e. The van der Waals surface area contributed by atoms with Gasteiger partial charge in [-0.05, 0) is 43.1 Å². The van der Waals surface area contributed by atoms with Crippen molar-refractivity contribution >= 4 is 27.3 Å². The standard InChI is InChI=1S/C14H19NO4S2/c1-15(7-11-5-9-2-3-10(11)4-9)21(18,19)13-6-12(8-20-13)14(16)17/h6,8-11H,2-5,7H2,1H3,(H,16,17). The van der Waals surface area contributed by atoms with Crippen molar-refractivity contribution in [2.45, 2.75) is 29.9 Å². The third-order valence-electron chi connectivity index (χ3n) is 4.86. The lowest BCUT2D eigenvalue weighted by atomic mass is 9.89. The number of carbonyl (C=O) groups is 1. The van der Waals surface area contributed by atoms with Gasteiger partial charge in [-0.3, -0.25) is 0 Å². The molecule has 116 valence electrons. The summed E-state index contributed by atoms with van der Waals surface area (Å²) in [6.45, 7) is 0.545. The predicted octanol–water partition coefficient (Wildman–Crippen LogP) is 2.50. The van der Waals surface area contributed by atoms with E-state index in [9.17, 15) is 13.2 Å². The number of nitrogens with zero attached hydrogens (tertiary/aromatic N) is 1. The maximum atomic E-state index is 12.5. The van der Waals surface area contributed by atoms with Crippen LogP contribution in [-0.4, -0.2) is 37.4 Å². The second-order valence-corrected chi connectivity index (χ2v) is 9.36. The van der Waals surface area contributed by atoms with E-state index in [0.29, 0.717) is 18.4 Å². The normalized spacial score (nSPS) is 28.4. The Kier molecular flexibility index (Phi) is 3.83. The maximum absolute atomic E-state index is 12.5. The Balaban J connectivity index is 1.73. The van der Waals surface area contributed by atoms with Crippen molar-refractivity contribution < 1.29 is 18.3 Å². The first-order chi connectivity index (χ1) is 9.88. The lowest BCUT2D eigenvalue weighted by Crippen LogP contribution is -2.33. The molecule has 3 rings (SSSR count). The first kappa shape index (κ1) is 15.0. The van der Waals surface area contributed by atoms with E-state index in [1.165, 1.54) is 35.0 Å². The molecule has 3 unspecified atom stereocenters. The maximum Gasteiger partial charge on any atom is 0.336 e. The largest absolute Gasteiger partial charge is 0.478 e. The van der Waals surface area contributed by atoms with Crippen LogP contribution in [0.5, 0.6) is 0 Å². The molecular weight excluding hydrogens is 310 g/mol. The monoisotopic (exact) mass is 329 g/mol. The Morgan fingerprint density at radius 1 is 1.43 bits per heavy atom. The van der Waals surface area contributed by atoms with E-state index >= 15 is 0 Å². The minimum atomic E-state index is -3.57. The average molecular weight is 329 g/mol. The number of rotatable bonds is 5. The lowest BCUT2D eigenvalue weighted by molar-refractivity contribution is 0.0697. The molecule has 1 heterocycles. The van der Waals surface area contributed by atoms with Crippen LogP contribution in [0.4, 0.5) is 0 Å². The fraction of sp³-hybridized carbons (Fsp3) is 0.643. The van der Waals surface area contributed by atoms with Gasteiger partial charge in [0.05, 0.1) is 5.56 Å². The van der Waals surface area contributed by atoms with Gasteiger partial charge in [-0.15, -0.1) is 11.3 Å². The highest BCUT2D eigenvalue weighted by atomic mass is 32.2. The third-order valence-corrected chi connectivity index (χ3v) is 8.10. The fourth-order valence-electron chi connectivity index (χ4n) is 3.75. The van der Waals surface area contributed by atoms with Crippen LogP contribution in [-0.2, 0) is 10.0 Å². The Labute approximate surface area is 128 Å². The van der Waals surface area contributed by atoms with Gasteiger partial charge in [0.15, 0.2) is 0 Å². The summed E-state index contributed by atoms with van der Waals surface area (Å²) < 4.78 is 26.5. The van der Waals surface area contributed by atoms with Crippen molar-refractivity contribution in [2.75, 3.05) is 13.6 Å². The second kappa shape index (κ2) is 5.37. The molecule has 2 fully saturated rings. The fourth-order valence-corrected chi connectivity index (χ4v) is 6.34. The predicted molar refractivity (Wildman–Crippen MR) is 80.0 cm³/mol. The van der Waals surface area contributed by atoms with Crippen LogP contribution in [0.1, 0.15) is 36.0 Å². The van der Waals surface area contributed by atoms with Gasteiger partial charge in [0.2, 0.25) is 0 Å². The number of hydrogen-bond donors (Lipinski definition) is 1. The molecule has 5 nitrogen and oxygen atoms in total. The summed E-state index contributed by atoms with van der Waals surface area (Å²) in [6, 6.07) is 1.25. The van der Waals surface area contributed by atoms with Gasteiger partial charge < -0.3 is 5.11 Å². The van der Waals surface area contributed by atoms with Gasteiger partial charge in [-0.1, -0.05) is 6.42 Å². The van der Waals surface area contributed by atoms with E-state index in [2.05, 4.69) is 0 Å². The molecule has 0 radical (unpaired) electrons. The third kappa shape index (κ3) is 2.74. The van der Waals surface area contributed by atoms with Crippen molar-refractivity contribution in [3.8, 4) is 0 Å². The number of thiophene rings is 1. The van der Waals surface area contributed by atoms with Crippen LogP contribution in [0.3, 0.4) is 0 Å². The summed E-state index contributed by atoms with van der Waals surface area (Å²) in [4.78, 5) is 10.9. The number of carboxylic acids is 1. The Morgan fingerprint density at radius 2 is 2.19 bits per heavy atom. The molecule has 1 aromatic heterocycles. The van der Waals surface area contributed by atoms with Crippen LogP contribution in [0.25, 0.3) is 0 Å². The molecule has 0 saturated heterocycles. The summed E-state index contributed by atoms with van der Waals surface area (Å²) in [5.74, 6) is 0.827. The van der Waals surface area contributed by atoms with Crippen LogP contribution >= 0.6 is 11.3 Å². The number of aromatic carboxylic acids is 1. The number of hydrogen-bond acceptors (Lipinski definition) is 4. The lowest BCUT2D eigenvalue weighted by Gasteiger charge is -2.26. The van der Waals surface area contributed by atoms with E-state index in [-0.39, 0.29) is 9.77 Å². The van der Waals surface area contributed by atoms with Crippen molar-refractivity contribution in [1.82, 2.24) is 4.31 Å². The van der Waals surface area contributed by atoms with Gasteiger partial charge in [-0.25, -0.2) is 13.2 Å². The zero-order valence-electron chi connectivity index (χ0n) is 11.9. The van der Waals surface area contributed by atoms with Gasteiger partial charge in [-0.2, -0.15) is 4.31 Å². The molecule has 0 aromatic carbocycles. The van der Waals surface area contributed by atoms with Crippen molar-refractivity contribution in [2.24, 2.45) is 17.8 Å². The molecule has 2 bridgehead atoms. The first-order valence-corrected chi connectivity index (χ1v) is 9.48. The molecule has 0 aliphatic heterocycles. The smallest absolute Gasteiger partial charge is 0.336 e. The summed E-state index contributed by atoms with van der Waals surface area (Å²) in [7, 11) is -1.97. The zero-order chi connectivity index (χ0) is 15.2. The van der Waals surface area contributed by atoms with E-state index in [1.807, 2.05) is 0 Å². The molecule has 2 aliphatic rings. The van der Waals surface area contributed by atoms with Crippen LogP contribution < -0.4 is 0 Å². The Hall–Kier alpha value is -0.920. The molecule has 3 atom stereocenters. The van der Waals surface area contributed by atoms with Crippen LogP contribution in [0, 0.1) is 17.8 Å². The van der Waals surface area contributed by atoms with Crippen LogP contribution in [0.15, 0.2) is 15.7 Å². The van der Waals surface area contributed by atoms with Gasteiger partial charge >= 0.3 is 5.97 Å². The molecular formula is C14H19NO4S2. The first-order valence-electron chi connectivity index (χ1n) is 7.16. The van der Waals surface area contributed by atoms with Gasteiger partial charge in [0.1, 0.15) is 4.21 Å². The van der Waals surface area contributed by atoms with E-state index < -0.39 is 16.0 Å². The summed E-state index contributed by atoms with van der Waals surface area (Å²) >= 11 is 0.976. The molecule has 7 heteroatoms. The van der Waals surface area contributed by atoms with Gasteiger partial charge in [0.25, 0.3) is 10.0 Å². The van der Waals surface area contributed by atoms with Crippen molar-refractivity contribution in [3.63, 3.8) is 0 Å². The molecule has 1 aromatic rings. The topological polar surface area (TPSA) is 74.7 Å². The zero-order valence-corrected chi connectivity index (χ0v) is 13.5. The van der Waals surface area contributed by atoms with Crippen LogP contribution in [0.2, 0.25) is 0 Å². The number of sulfonamides is 1. The molecule has 0 spiro atoms. The van der Waals surface area contributed by atoms with E-state index in [4.69, 9.17) is 5.11 Å². The number of carboxylic acid groups (broad SMARTS) is 1. The minimum absolute atomic E-state index is 0.0342. The molecule has 2 saturated carbocycles. The van der Waals surface area contributed by atoms with E-state index in [0.717, 1.165) is 23.7 Å². The highest BCUT2D eigenvalue weighted by Gasteiger charge is 2.41. The van der Waals surface area contributed by atoms with Gasteiger partial charge in [0, 0.05) is 19.0 Å². The van der Waals surface area contributed by atoms with E-state index in [1.54, 1.807) is 7.05 Å². The molecule has 1 N–H and O–H groups in total. The molecule has 21 heavy (non-hydrogen) atoms.